The topological polar surface area (TPSA) is 99.5 Å². The molecule has 0 spiro atoms. The summed E-state index contributed by atoms with van der Waals surface area (Å²) >= 11 is 6.90. The van der Waals surface area contributed by atoms with Crippen LogP contribution < -0.4 is 25.0 Å². The summed E-state index contributed by atoms with van der Waals surface area (Å²) in [5, 5.41) is 11.8. The Labute approximate surface area is 214 Å². The van der Waals surface area contributed by atoms with Gasteiger partial charge in [0, 0.05) is 11.3 Å². The molecule has 0 bridgehead atoms. The fourth-order valence-electron chi connectivity index (χ4n) is 3.11. The highest BCUT2D eigenvalue weighted by Crippen LogP contribution is 2.39. The Hall–Kier alpha value is -3.31. The van der Waals surface area contributed by atoms with E-state index in [1.54, 1.807) is 23.7 Å². The van der Waals surface area contributed by atoms with Crippen LogP contribution in [0.5, 0.6) is 17.2 Å². The van der Waals surface area contributed by atoms with Gasteiger partial charge in [0.1, 0.15) is 5.82 Å². The summed E-state index contributed by atoms with van der Waals surface area (Å²) in [5.41, 5.74) is 4.47. The van der Waals surface area contributed by atoms with E-state index in [0.717, 1.165) is 5.56 Å². The summed E-state index contributed by atoms with van der Waals surface area (Å²) in [4.78, 5) is 13.0. The van der Waals surface area contributed by atoms with Crippen molar-refractivity contribution in [3.05, 3.63) is 59.4 Å². The first kappa shape index (κ1) is 26.3. The molecular weight excluding hydrogens is 486 g/mol. The molecule has 11 heteroatoms. The SMILES string of the molecule is CCOc1cc(C(=O)NC(=S)Nn2c(C)nnc2SCc2ccccc2)cc(OCC)c1OCC. The maximum atomic E-state index is 13.0. The van der Waals surface area contributed by atoms with E-state index in [2.05, 4.69) is 20.9 Å². The van der Waals surface area contributed by atoms with Gasteiger partial charge in [-0.1, -0.05) is 42.1 Å². The number of aromatic nitrogens is 3. The van der Waals surface area contributed by atoms with E-state index in [1.807, 2.05) is 51.1 Å². The number of hydrogen-bond acceptors (Lipinski definition) is 8. The van der Waals surface area contributed by atoms with Crippen LogP contribution in [-0.4, -0.2) is 45.7 Å². The molecule has 0 aliphatic heterocycles. The Morgan fingerprint density at radius 2 is 1.63 bits per heavy atom. The van der Waals surface area contributed by atoms with Crippen LogP contribution in [0.1, 0.15) is 42.5 Å². The molecule has 0 saturated carbocycles. The molecule has 35 heavy (non-hydrogen) atoms. The largest absolute Gasteiger partial charge is 0.490 e. The van der Waals surface area contributed by atoms with E-state index in [9.17, 15) is 4.79 Å². The molecule has 186 valence electrons. The minimum absolute atomic E-state index is 0.101. The molecule has 0 saturated heterocycles. The number of thioether (sulfide) groups is 1. The van der Waals surface area contributed by atoms with Gasteiger partial charge >= 0.3 is 0 Å². The fourth-order valence-corrected chi connectivity index (χ4v) is 4.19. The number of nitrogens with one attached hydrogen (secondary N) is 2. The maximum Gasteiger partial charge on any atom is 0.257 e. The van der Waals surface area contributed by atoms with Crippen LogP contribution in [0.15, 0.2) is 47.6 Å². The molecule has 0 unspecified atom stereocenters. The summed E-state index contributed by atoms with van der Waals surface area (Å²) in [6.07, 6.45) is 0. The number of benzene rings is 2. The third kappa shape index (κ3) is 7.09. The molecule has 1 heterocycles. The zero-order chi connectivity index (χ0) is 25.2. The molecule has 0 aliphatic rings. The maximum absolute atomic E-state index is 13.0. The van der Waals surface area contributed by atoms with Crippen molar-refractivity contribution in [1.82, 2.24) is 20.2 Å². The molecule has 1 aromatic heterocycles. The van der Waals surface area contributed by atoms with Crippen molar-refractivity contribution in [3.63, 3.8) is 0 Å². The van der Waals surface area contributed by atoms with Crippen molar-refractivity contribution in [2.24, 2.45) is 0 Å². The van der Waals surface area contributed by atoms with Crippen molar-refractivity contribution in [1.29, 1.82) is 0 Å². The number of ether oxygens (including phenoxy) is 3. The summed E-state index contributed by atoms with van der Waals surface area (Å²) in [6.45, 7) is 8.64. The minimum Gasteiger partial charge on any atom is -0.490 e. The van der Waals surface area contributed by atoms with Crippen molar-refractivity contribution in [2.45, 2.75) is 38.6 Å². The van der Waals surface area contributed by atoms with Crippen LogP contribution in [-0.2, 0) is 5.75 Å². The summed E-state index contributed by atoms with van der Waals surface area (Å²) < 4.78 is 18.7. The van der Waals surface area contributed by atoms with Crippen molar-refractivity contribution < 1.29 is 19.0 Å². The third-order valence-electron chi connectivity index (χ3n) is 4.62. The van der Waals surface area contributed by atoms with Gasteiger partial charge in [0.05, 0.1) is 19.8 Å². The molecule has 9 nitrogen and oxygen atoms in total. The van der Waals surface area contributed by atoms with Gasteiger partial charge in [0.15, 0.2) is 16.6 Å². The van der Waals surface area contributed by atoms with E-state index in [4.69, 9.17) is 26.4 Å². The molecule has 0 radical (unpaired) electrons. The molecule has 3 aromatic rings. The van der Waals surface area contributed by atoms with Crippen LogP contribution in [0.25, 0.3) is 0 Å². The summed E-state index contributed by atoms with van der Waals surface area (Å²) in [6, 6.07) is 13.3. The molecule has 0 aliphatic carbocycles. The van der Waals surface area contributed by atoms with Gasteiger partial charge in [-0.25, -0.2) is 4.68 Å². The van der Waals surface area contributed by atoms with Gasteiger partial charge in [0.25, 0.3) is 5.91 Å². The number of hydrogen-bond donors (Lipinski definition) is 2. The van der Waals surface area contributed by atoms with E-state index in [0.29, 0.717) is 59.4 Å². The fraction of sp³-hybridized carbons (Fsp3) is 0.333. The van der Waals surface area contributed by atoms with Crippen molar-refractivity contribution >= 4 is 35.0 Å². The Kier molecular flexibility index (Phi) is 9.74. The van der Waals surface area contributed by atoms with Crippen LogP contribution in [0.4, 0.5) is 0 Å². The second-order valence-corrected chi connectivity index (χ2v) is 8.49. The quantitative estimate of drug-likeness (QED) is 0.285. The molecule has 0 atom stereocenters. The number of nitrogens with zero attached hydrogens (tertiary/aromatic N) is 3. The first-order chi connectivity index (χ1) is 17.0. The summed E-state index contributed by atoms with van der Waals surface area (Å²) in [5.74, 6) is 2.23. The van der Waals surface area contributed by atoms with Crippen LogP contribution >= 0.6 is 24.0 Å². The number of carbonyl (C=O) groups excluding carboxylic acids is 1. The van der Waals surface area contributed by atoms with Gasteiger partial charge in [-0.15, -0.1) is 10.2 Å². The summed E-state index contributed by atoms with van der Waals surface area (Å²) in [7, 11) is 0. The molecule has 0 fully saturated rings. The second kappa shape index (κ2) is 13.0. The number of aryl methyl sites for hydroxylation is 1. The van der Waals surface area contributed by atoms with Crippen LogP contribution in [0.3, 0.4) is 0 Å². The Balaban J connectivity index is 1.73. The highest BCUT2D eigenvalue weighted by Gasteiger charge is 2.19. The first-order valence-corrected chi connectivity index (χ1v) is 12.6. The number of rotatable bonds is 11. The standard InChI is InChI=1S/C24H29N5O4S2/c1-5-31-19-13-18(14-20(32-6-2)21(19)33-7-3)22(30)25-23(34)28-29-16(4)26-27-24(29)35-15-17-11-9-8-10-12-17/h8-14H,5-7,15H2,1-4H3,(H2,25,28,30,34). The van der Waals surface area contributed by atoms with Crippen molar-refractivity contribution in [2.75, 3.05) is 25.2 Å². The molecule has 2 aromatic carbocycles. The predicted octanol–water partition coefficient (Wildman–Crippen LogP) is 4.33. The van der Waals surface area contributed by atoms with Crippen LogP contribution in [0, 0.1) is 6.92 Å². The number of amides is 1. The average Bonchev–Trinajstić information content (AvgIpc) is 3.19. The van der Waals surface area contributed by atoms with E-state index < -0.39 is 5.91 Å². The van der Waals surface area contributed by atoms with E-state index in [1.165, 1.54) is 11.8 Å². The molecule has 1 amide bonds. The second-order valence-electron chi connectivity index (χ2n) is 7.14. The van der Waals surface area contributed by atoms with E-state index in [-0.39, 0.29) is 5.11 Å². The zero-order valence-electron chi connectivity index (χ0n) is 20.2. The Morgan fingerprint density at radius 1 is 1.00 bits per heavy atom. The van der Waals surface area contributed by atoms with Crippen LogP contribution in [0.2, 0.25) is 0 Å². The highest BCUT2D eigenvalue weighted by atomic mass is 32.2. The number of thiocarbonyl (C=S) groups is 1. The van der Waals surface area contributed by atoms with Gasteiger partial charge in [-0.2, -0.15) is 0 Å². The Morgan fingerprint density at radius 3 is 2.23 bits per heavy atom. The highest BCUT2D eigenvalue weighted by molar-refractivity contribution is 7.98. The van der Waals surface area contributed by atoms with Gasteiger partial charge in [-0.3, -0.25) is 15.5 Å². The Bertz CT molecular complexity index is 1130. The zero-order valence-corrected chi connectivity index (χ0v) is 21.8. The molecular formula is C24H29N5O4S2. The monoisotopic (exact) mass is 515 g/mol. The lowest BCUT2D eigenvalue weighted by Crippen LogP contribution is -2.38. The van der Waals surface area contributed by atoms with Crippen molar-refractivity contribution in [3.8, 4) is 17.2 Å². The molecule has 3 rings (SSSR count). The first-order valence-electron chi connectivity index (χ1n) is 11.2. The molecule has 2 N–H and O–H groups in total. The lowest BCUT2D eigenvalue weighted by Gasteiger charge is -2.17. The predicted molar refractivity (Wildman–Crippen MR) is 140 cm³/mol. The third-order valence-corrected chi connectivity index (χ3v) is 5.81. The normalized spacial score (nSPS) is 10.5. The lowest BCUT2D eigenvalue weighted by atomic mass is 10.1. The lowest BCUT2D eigenvalue weighted by molar-refractivity contribution is 0.0976. The smallest absolute Gasteiger partial charge is 0.257 e. The number of carbonyl (C=O) groups is 1. The van der Waals surface area contributed by atoms with E-state index >= 15 is 0 Å². The van der Waals surface area contributed by atoms with Gasteiger partial charge in [0.2, 0.25) is 10.9 Å². The van der Waals surface area contributed by atoms with Gasteiger partial charge < -0.3 is 14.2 Å². The average molecular weight is 516 g/mol. The van der Waals surface area contributed by atoms with Gasteiger partial charge in [-0.05, 0) is 57.6 Å². The minimum atomic E-state index is -0.420.